The van der Waals surface area contributed by atoms with E-state index in [1.165, 1.54) is 23.3 Å². The first-order valence-corrected chi connectivity index (χ1v) is 7.11. The van der Waals surface area contributed by atoms with Crippen molar-refractivity contribution in [2.75, 3.05) is 0 Å². The molecule has 0 aliphatic heterocycles. The van der Waals surface area contributed by atoms with Crippen LogP contribution in [0.15, 0.2) is 60.9 Å². The monoisotopic (exact) mass is 409 g/mol. The fourth-order valence-corrected chi connectivity index (χ4v) is 1.92. The smallest absolute Gasteiger partial charge is 0.339 e. The Balaban J connectivity index is 0.000000455. The van der Waals surface area contributed by atoms with Gasteiger partial charge in [0, 0.05) is 12.1 Å². The van der Waals surface area contributed by atoms with Gasteiger partial charge < -0.3 is 24.8 Å². The van der Waals surface area contributed by atoms with Crippen molar-refractivity contribution in [3.63, 3.8) is 0 Å². The Morgan fingerprint density at radius 1 is 1.04 bits per heavy atom. The van der Waals surface area contributed by atoms with Crippen molar-refractivity contribution in [1.82, 2.24) is 30.9 Å². The Bertz CT molecular complexity index is 914. The number of non-ortho nitro benzene ring substituents is 1. The molecule has 0 unspecified atom stereocenters. The zero-order valence-electron chi connectivity index (χ0n) is 13.5. The fraction of sp³-hybridized carbons (Fsp3) is 0. The predicted molar refractivity (Wildman–Crippen MR) is 82.9 cm³/mol. The van der Waals surface area contributed by atoms with Crippen LogP contribution in [0.5, 0.6) is 0 Å². The number of nitrogens with one attached hydrogen (secondary N) is 3. The maximum absolute atomic E-state index is 10.6. The van der Waals surface area contributed by atoms with Crippen LogP contribution in [-0.2, 0) is 0 Å². The van der Waals surface area contributed by atoms with Crippen LogP contribution in [0, 0.1) is 10.1 Å². The lowest BCUT2D eigenvalue weighted by molar-refractivity contribution is -0.716. The van der Waals surface area contributed by atoms with Gasteiger partial charge in [0.05, 0.1) is 15.6 Å². The van der Waals surface area contributed by atoms with E-state index in [0.29, 0.717) is 11.5 Å². The average molecular weight is 410 g/mol. The van der Waals surface area contributed by atoms with Crippen molar-refractivity contribution in [3.8, 4) is 17.1 Å². The number of aromatic amines is 3. The molecule has 0 radical (unpaired) electrons. The molecule has 0 amide bonds. The first-order valence-electron chi connectivity index (χ1n) is 7.11. The Morgan fingerprint density at radius 3 is 2.26 bits per heavy atom. The number of nitrogens with zero attached hydrogens (tertiary/aromatic N) is 6. The van der Waals surface area contributed by atoms with Crippen molar-refractivity contribution in [1.29, 1.82) is 0 Å². The lowest BCUT2D eigenvalue weighted by atomic mass is 10.2. The minimum atomic E-state index is -0.440. The SMILES string of the molecule is O=[N+]([O-])c1ccc(-[n+]2nc(-c3ccccc3)n[nH]2)cc1.[Cl-].[Cl-].c1nn[nH][nH+]1. The third-order valence-corrected chi connectivity index (χ3v) is 3.08. The summed E-state index contributed by atoms with van der Waals surface area (Å²) < 4.78 is 0. The van der Waals surface area contributed by atoms with E-state index in [-0.39, 0.29) is 30.5 Å². The van der Waals surface area contributed by atoms with Crippen molar-refractivity contribution in [2.45, 2.75) is 0 Å². The van der Waals surface area contributed by atoms with Crippen LogP contribution in [0.25, 0.3) is 17.1 Å². The summed E-state index contributed by atoms with van der Waals surface area (Å²) in [5, 5.41) is 33.3. The minimum Gasteiger partial charge on any atom is -1.00 e. The van der Waals surface area contributed by atoms with Crippen LogP contribution in [0.4, 0.5) is 5.69 Å². The zero-order chi connectivity index (χ0) is 17.5. The summed E-state index contributed by atoms with van der Waals surface area (Å²) in [5.41, 5.74) is 1.60. The number of H-pyrrole nitrogens is 3. The van der Waals surface area contributed by atoms with E-state index in [4.69, 9.17) is 0 Å². The highest BCUT2D eigenvalue weighted by Crippen LogP contribution is 2.13. The summed E-state index contributed by atoms with van der Waals surface area (Å²) in [4.78, 5) is 11.6. The van der Waals surface area contributed by atoms with Gasteiger partial charge in [0.1, 0.15) is 5.10 Å². The quantitative estimate of drug-likeness (QED) is 0.196. The summed E-state index contributed by atoms with van der Waals surface area (Å²) in [6.07, 6.45) is 1.46. The number of hydrogen-bond acceptors (Lipinski definition) is 6. The summed E-state index contributed by atoms with van der Waals surface area (Å²) >= 11 is 0. The van der Waals surface area contributed by atoms with Crippen LogP contribution in [0.3, 0.4) is 0 Å². The Hall–Kier alpha value is -3.44. The van der Waals surface area contributed by atoms with Gasteiger partial charge in [-0.3, -0.25) is 10.1 Å². The van der Waals surface area contributed by atoms with Crippen molar-refractivity contribution >= 4 is 5.69 Å². The van der Waals surface area contributed by atoms with Crippen molar-refractivity contribution < 1.29 is 39.6 Å². The normalized spacial score (nSPS) is 9.19. The second-order valence-corrected chi connectivity index (χ2v) is 4.69. The van der Waals surface area contributed by atoms with Crippen LogP contribution >= 0.6 is 0 Å². The van der Waals surface area contributed by atoms with Crippen molar-refractivity contribution in [2.24, 2.45) is 0 Å². The molecule has 0 bridgehead atoms. The summed E-state index contributed by atoms with van der Waals surface area (Å²) in [6, 6.07) is 15.6. The number of nitro benzene ring substituents is 1. The second-order valence-electron chi connectivity index (χ2n) is 4.69. The van der Waals surface area contributed by atoms with E-state index in [0.717, 1.165) is 5.56 Å². The number of benzene rings is 2. The van der Waals surface area contributed by atoms with Crippen LogP contribution < -0.4 is 34.7 Å². The topological polar surface area (TPSA) is 144 Å². The van der Waals surface area contributed by atoms with Crippen LogP contribution in [0.1, 0.15) is 0 Å². The molecule has 4 rings (SSSR count). The molecule has 0 spiro atoms. The Kier molecular flexibility index (Phi) is 8.42. The average Bonchev–Trinajstić information content (AvgIpc) is 3.37. The van der Waals surface area contributed by atoms with Gasteiger partial charge in [-0.15, -0.1) is 0 Å². The molecule has 4 aromatic rings. The number of aromatic nitrogens is 8. The van der Waals surface area contributed by atoms with E-state index < -0.39 is 4.92 Å². The number of rotatable bonds is 3. The molecule has 0 atom stereocenters. The lowest BCUT2D eigenvalue weighted by Gasteiger charge is -1.92. The van der Waals surface area contributed by atoms with Gasteiger partial charge in [0.2, 0.25) is 0 Å². The lowest BCUT2D eigenvalue weighted by Crippen LogP contribution is -3.00. The highest BCUT2D eigenvalue weighted by atomic mass is 35.5. The molecule has 0 aliphatic rings. The van der Waals surface area contributed by atoms with Gasteiger partial charge in [-0.2, -0.15) is 5.10 Å². The van der Waals surface area contributed by atoms with E-state index in [1.54, 1.807) is 12.1 Å². The molecule has 11 nitrogen and oxygen atoms in total. The second kappa shape index (κ2) is 10.5. The molecular formula is C14H13Cl2N9O2. The summed E-state index contributed by atoms with van der Waals surface area (Å²) in [7, 11) is 0. The zero-order valence-corrected chi connectivity index (χ0v) is 15.0. The van der Waals surface area contributed by atoms with Gasteiger partial charge in [-0.25, -0.2) is 0 Å². The Morgan fingerprint density at radius 2 is 1.74 bits per heavy atom. The van der Waals surface area contributed by atoms with E-state index in [9.17, 15) is 10.1 Å². The molecule has 2 aromatic carbocycles. The molecule has 140 valence electrons. The van der Waals surface area contributed by atoms with Crippen LogP contribution in [-0.4, -0.2) is 35.9 Å². The van der Waals surface area contributed by atoms with Gasteiger partial charge in [-0.1, -0.05) is 23.4 Å². The fourth-order valence-electron chi connectivity index (χ4n) is 1.92. The number of hydrogen-bond donors (Lipinski definition) is 2. The van der Waals surface area contributed by atoms with Crippen molar-refractivity contribution in [3.05, 3.63) is 71.0 Å². The largest absolute Gasteiger partial charge is 1.00 e. The molecule has 27 heavy (non-hydrogen) atoms. The van der Waals surface area contributed by atoms with Crippen LogP contribution in [0.2, 0.25) is 0 Å². The molecule has 0 aliphatic carbocycles. The first kappa shape index (κ1) is 21.6. The highest BCUT2D eigenvalue weighted by molar-refractivity contribution is 5.52. The van der Waals surface area contributed by atoms with E-state index in [2.05, 4.69) is 36.0 Å². The molecule has 3 N–H and O–H groups in total. The number of tetrazole rings is 2. The Labute approximate surface area is 164 Å². The molecule has 2 aromatic heterocycles. The van der Waals surface area contributed by atoms with E-state index >= 15 is 0 Å². The molecule has 13 heteroatoms. The molecule has 2 heterocycles. The maximum atomic E-state index is 10.6. The standard InChI is InChI=1S/C13H9N5O2.CH2N4.2ClH/c19-18(20)12-8-6-11(7-9-12)17-15-13(14-16-17)10-4-2-1-3-5-10;1-2-4-5-3-1;;/h1-9H;1H,(H,2,3,4,5);2*1H. The van der Waals surface area contributed by atoms with Gasteiger partial charge in [0.15, 0.2) is 10.9 Å². The number of nitro groups is 1. The number of halogens is 2. The highest BCUT2D eigenvalue weighted by Gasteiger charge is 2.15. The third kappa shape index (κ3) is 5.80. The molecular weight excluding hydrogens is 397 g/mol. The van der Waals surface area contributed by atoms with Gasteiger partial charge in [0.25, 0.3) is 12.0 Å². The predicted octanol–water partition coefficient (Wildman–Crippen LogP) is -5.72. The van der Waals surface area contributed by atoms with Gasteiger partial charge >= 0.3 is 5.82 Å². The maximum Gasteiger partial charge on any atom is 0.339 e. The van der Waals surface area contributed by atoms with E-state index in [1.807, 2.05) is 30.3 Å². The minimum absolute atomic E-state index is 0. The summed E-state index contributed by atoms with van der Waals surface area (Å²) in [6.45, 7) is 0. The van der Waals surface area contributed by atoms with Gasteiger partial charge in [-0.05, 0) is 39.4 Å². The molecule has 0 saturated heterocycles. The molecule has 0 saturated carbocycles. The first-order chi connectivity index (χ1) is 12.2. The molecule has 0 fully saturated rings. The summed E-state index contributed by atoms with van der Waals surface area (Å²) in [5.74, 6) is 0.559. The third-order valence-electron chi connectivity index (χ3n) is 3.08.